The van der Waals surface area contributed by atoms with Gasteiger partial charge < -0.3 is 14.0 Å². The minimum absolute atomic E-state index is 0.126. The zero-order valence-electron chi connectivity index (χ0n) is 16.2. The van der Waals surface area contributed by atoms with E-state index in [2.05, 4.69) is 50.7 Å². The van der Waals surface area contributed by atoms with Gasteiger partial charge in [0.15, 0.2) is 0 Å². The van der Waals surface area contributed by atoms with Crippen LogP contribution in [0.3, 0.4) is 0 Å². The molecule has 0 radical (unpaired) electrons. The molecule has 4 nitrogen and oxygen atoms in total. The zero-order chi connectivity index (χ0) is 18.4. The zero-order valence-corrected chi connectivity index (χ0v) is 16.2. The number of benzene rings is 1. The first-order valence-electron chi connectivity index (χ1n) is 9.23. The molecular weight excluding hydrogens is 324 g/mol. The van der Waals surface area contributed by atoms with Crippen LogP contribution in [-0.2, 0) is 11.8 Å². The second kappa shape index (κ2) is 6.44. The summed E-state index contributed by atoms with van der Waals surface area (Å²) in [7, 11) is 2.07. The van der Waals surface area contributed by atoms with Gasteiger partial charge in [-0.25, -0.2) is 0 Å². The summed E-state index contributed by atoms with van der Waals surface area (Å²) in [5.41, 5.74) is 9.34. The van der Waals surface area contributed by atoms with Crippen LogP contribution < -0.4 is 4.74 Å². The molecule has 2 aromatic heterocycles. The van der Waals surface area contributed by atoms with E-state index in [-0.39, 0.29) is 6.10 Å². The highest BCUT2D eigenvalue weighted by Gasteiger charge is 2.22. The predicted octanol–water partition coefficient (Wildman–Crippen LogP) is 4.64. The lowest BCUT2D eigenvalue weighted by Gasteiger charge is -2.15. The van der Waals surface area contributed by atoms with E-state index in [9.17, 15) is 0 Å². The molecular formula is C22H26N2O2. The minimum atomic E-state index is 0.126. The van der Waals surface area contributed by atoms with Crippen molar-refractivity contribution in [3.63, 3.8) is 0 Å². The molecule has 0 amide bonds. The number of ether oxygens (including phenoxy) is 2. The highest BCUT2D eigenvalue weighted by atomic mass is 16.5. The third-order valence-electron chi connectivity index (χ3n) is 5.14. The lowest BCUT2D eigenvalue weighted by molar-refractivity contribution is 0.142. The normalized spacial score (nSPS) is 17.2. The number of hydrogen-bond acceptors (Lipinski definition) is 3. The summed E-state index contributed by atoms with van der Waals surface area (Å²) in [6.45, 7) is 9.97. The second-order valence-electron chi connectivity index (χ2n) is 7.49. The van der Waals surface area contributed by atoms with Gasteiger partial charge in [0.25, 0.3) is 0 Å². The van der Waals surface area contributed by atoms with Crippen molar-refractivity contribution in [2.24, 2.45) is 7.05 Å². The molecule has 0 bridgehead atoms. The van der Waals surface area contributed by atoms with Crippen LogP contribution in [0.4, 0.5) is 0 Å². The van der Waals surface area contributed by atoms with Gasteiger partial charge in [0.05, 0.1) is 13.2 Å². The summed E-state index contributed by atoms with van der Waals surface area (Å²) in [5, 5.41) is 0. The monoisotopic (exact) mass is 350 g/mol. The van der Waals surface area contributed by atoms with Crippen molar-refractivity contribution in [1.29, 1.82) is 0 Å². The first-order chi connectivity index (χ1) is 12.4. The Bertz CT molecular complexity index is 958. The number of hydrogen-bond donors (Lipinski definition) is 0. The molecule has 1 aromatic carbocycles. The van der Waals surface area contributed by atoms with Crippen molar-refractivity contribution in [1.82, 2.24) is 9.55 Å². The van der Waals surface area contributed by atoms with Gasteiger partial charge in [-0.3, -0.25) is 4.98 Å². The van der Waals surface area contributed by atoms with Gasteiger partial charge in [0, 0.05) is 37.0 Å². The average molecular weight is 350 g/mol. The molecule has 1 aliphatic rings. The van der Waals surface area contributed by atoms with Crippen LogP contribution in [0.25, 0.3) is 22.2 Å². The Morgan fingerprint density at radius 3 is 2.50 bits per heavy atom. The van der Waals surface area contributed by atoms with Crippen molar-refractivity contribution in [3.8, 4) is 16.9 Å². The van der Waals surface area contributed by atoms with Gasteiger partial charge in [-0.05, 0) is 44.4 Å². The van der Waals surface area contributed by atoms with Crippen LogP contribution in [0.1, 0.15) is 28.8 Å². The highest BCUT2D eigenvalue weighted by Crippen LogP contribution is 2.38. The molecule has 3 aromatic rings. The Morgan fingerprint density at radius 2 is 1.85 bits per heavy atom. The molecule has 26 heavy (non-hydrogen) atoms. The number of aryl methyl sites for hydroxylation is 5. The third kappa shape index (κ3) is 2.88. The van der Waals surface area contributed by atoms with E-state index in [4.69, 9.17) is 14.5 Å². The van der Waals surface area contributed by atoms with E-state index in [1.165, 1.54) is 27.8 Å². The van der Waals surface area contributed by atoms with E-state index in [0.717, 1.165) is 35.5 Å². The molecule has 136 valence electrons. The molecule has 1 aliphatic heterocycles. The molecule has 1 saturated heterocycles. The fourth-order valence-electron chi connectivity index (χ4n) is 4.15. The van der Waals surface area contributed by atoms with Crippen molar-refractivity contribution < 1.29 is 9.47 Å². The Labute approximate surface area is 154 Å². The lowest BCUT2D eigenvalue weighted by Crippen LogP contribution is -2.16. The topological polar surface area (TPSA) is 36.3 Å². The summed E-state index contributed by atoms with van der Waals surface area (Å²) in [6, 6.07) is 6.52. The van der Waals surface area contributed by atoms with Gasteiger partial charge in [-0.1, -0.05) is 17.7 Å². The van der Waals surface area contributed by atoms with Gasteiger partial charge in [0.1, 0.15) is 22.9 Å². The van der Waals surface area contributed by atoms with Crippen LogP contribution in [-0.4, -0.2) is 28.9 Å². The average Bonchev–Trinajstić information content (AvgIpc) is 3.15. The van der Waals surface area contributed by atoms with Crippen molar-refractivity contribution >= 4 is 11.0 Å². The van der Waals surface area contributed by atoms with Crippen LogP contribution in [0.15, 0.2) is 24.4 Å². The Balaban J connectivity index is 1.92. The number of rotatable bonds is 3. The number of nitrogens with zero attached hydrogens (tertiary/aromatic N) is 2. The minimum Gasteiger partial charge on any atom is -0.486 e. The second-order valence-corrected chi connectivity index (χ2v) is 7.49. The molecule has 1 atom stereocenters. The van der Waals surface area contributed by atoms with E-state index >= 15 is 0 Å². The molecule has 0 aliphatic carbocycles. The van der Waals surface area contributed by atoms with E-state index in [0.29, 0.717) is 6.61 Å². The van der Waals surface area contributed by atoms with Crippen LogP contribution in [0.2, 0.25) is 0 Å². The summed E-state index contributed by atoms with van der Waals surface area (Å²) in [4.78, 5) is 4.88. The molecule has 3 heterocycles. The van der Waals surface area contributed by atoms with Crippen molar-refractivity contribution in [2.75, 3.05) is 13.2 Å². The highest BCUT2D eigenvalue weighted by molar-refractivity contribution is 5.97. The first-order valence-corrected chi connectivity index (χ1v) is 9.23. The summed E-state index contributed by atoms with van der Waals surface area (Å²) >= 11 is 0. The van der Waals surface area contributed by atoms with Crippen LogP contribution in [0.5, 0.6) is 5.75 Å². The van der Waals surface area contributed by atoms with Crippen molar-refractivity contribution in [3.05, 3.63) is 46.8 Å². The standard InChI is InChI=1S/C22H26N2O2/c1-13-8-14(2)20(15(3)9-13)18-11-24(5)22-19(10-16(4)23-21(18)22)26-17-6-7-25-12-17/h8-11,17H,6-7,12H2,1-5H3. The molecule has 4 heteroatoms. The molecule has 0 saturated carbocycles. The summed E-state index contributed by atoms with van der Waals surface area (Å²) < 4.78 is 13.9. The maximum Gasteiger partial charge on any atom is 0.147 e. The fourth-order valence-corrected chi connectivity index (χ4v) is 4.15. The van der Waals surface area contributed by atoms with Gasteiger partial charge in [0.2, 0.25) is 0 Å². The number of pyridine rings is 1. The van der Waals surface area contributed by atoms with Gasteiger partial charge in [-0.15, -0.1) is 0 Å². The Hall–Kier alpha value is -2.33. The first kappa shape index (κ1) is 17.1. The van der Waals surface area contributed by atoms with E-state index in [1.54, 1.807) is 0 Å². The predicted molar refractivity (Wildman–Crippen MR) is 105 cm³/mol. The maximum atomic E-state index is 6.29. The van der Waals surface area contributed by atoms with E-state index < -0.39 is 0 Å². The maximum absolute atomic E-state index is 6.29. The Kier molecular flexibility index (Phi) is 4.23. The molecule has 4 rings (SSSR count). The summed E-state index contributed by atoms with van der Waals surface area (Å²) in [6.07, 6.45) is 3.25. The van der Waals surface area contributed by atoms with Gasteiger partial charge in [-0.2, -0.15) is 0 Å². The van der Waals surface area contributed by atoms with Crippen molar-refractivity contribution in [2.45, 2.75) is 40.2 Å². The Morgan fingerprint density at radius 1 is 1.12 bits per heavy atom. The summed E-state index contributed by atoms with van der Waals surface area (Å²) in [5.74, 6) is 0.902. The number of fused-ring (bicyclic) bond motifs is 1. The quantitative estimate of drug-likeness (QED) is 0.690. The third-order valence-corrected chi connectivity index (χ3v) is 5.14. The van der Waals surface area contributed by atoms with E-state index in [1.807, 2.05) is 13.0 Å². The SMILES string of the molecule is Cc1cc(C)c(-c2cn(C)c3c(OC4CCOC4)cc(C)nc23)c(C)c1. The molecule has 0 spiro atoms. The lowest BCUT2D eigenvalue weighted by atomic mass is 9.95. The van der Waals surface area contributed by atoms with Crippen LogP contribution in [0, 0.1) is 27.7 Å². The molecule has 0 N–H and O–H groups in total. The van der Waals surface area contributed by atoms with Crippen LogP contribution >= 0.6 is 0 Å². The smallest absolute Gasteiger partial charge is 0.147 e. The molecule has 1 fully saturated rings. The van der Waals surface area contributed by atoms with Gasteiger partial charge >= 0.3 is 0 Å². The number of aromatic nitrogens is 2. The fraction of sp³-hybridized carbons (Fsp3) is 0.409. The molecule has 1 unspecified atom stereocenters. The largest absolute Gasteiger partial charge is 0.486 e.